The summed E-state index contributed by atoms with van der Waals surface area (Å²) in [6.07, 6.45) is 4.44. The molecule has 1 aromatic carbocycles. The van der Waals surface area contributed by atoms with Crippen molar-refractivity contribution in [3.05, 3.63) is 33.9 Å². The molecule has 0 atom stereocenters. The van der Waals surface area contributed by atoms with Crippen LogP contribution < -0.4 is 5.32 Å². The minimum atomic E-state index is -1.09. The van der Waals surface area contributed by atoms with Gasteiger partial charge < -0.3 is 10.4 Å². The van der Waals surface area contributed by atoms with Gasteiger partial charge in [0.1, 0.15) is 5.69 Å². The first kappa shape index (κ1) is 14.3. The maximum absolute atomic E-state index is 11.0. The third-order valence-corrected chi connectivity index (χ3v) is 4.26. The topological polar surface area (TPSA) is 92.5 Å². The molecule has 2 N–H and O–H groups in total. The quantitative estimate of drug-likeness (QED) is 0.615. The van der Waals surface area contributed by atoms with E-state index in [0.29, 0.717) is 6.54 Å². The molecule has 1 aliphatic rings. The van der Waals surface area contributed by atoms with Crippen LogP contribution in [0.15, 0.2) is 18.2 Å². The van der Waals surface area contributed by atoms with Crippen LogP contribution in [0.5, 0.6) is 0 Å². The van der Waals surface area contributed by atoms with Crippen LogP contribution in [0.4, 0.5) is 11.4 Å². The van der Waals surface area contributed by atoms with Crippen LogP contribution in [0.25, 0.3) is 0 Å². The lowest BCUT2D eigenvalue weighted by molar-refractivity contribution is -0.384. The van der Waals surface area contributed by atoms with E-state index in [2.05, 4.69) is 12.2 Å². The number of nitrogens with one attached hydrogen (secondary N) is 1. The standard InChI is InChI=1S/C14H18N2O4/c1-2-14(6-3-7-14)9-15-11-8-10(13(17)18)4-5-12(11)16(19)20/h4-5,8,15H,2-3,6-7,9H2,1H3,(H,17,18). The maximum atomic E-state index is 11.0. The van der Waals surface area contributed by atoms with Gasteiger partial charge in [-0.05, 0) is 36.8 Å². The SMILES string of the molecule is CCC1(CNc2cc(C(=O)O)ccc2[N+](=O)[O-])CCC1. The van der Waals surface area contributed by atoms with Gasteiger partial charge >= 0.3 is 5.97 Å². The van der Waals surface area contributed by atoms with E-state index in [1.54, 1.807) is 0 Å². The van der Waals surface area contributed by atoms with Crippen LogP contribution in [0, 0.1) is 15.5 Å². The molecular weight excluding hydrogens is 260 g/mol. The van der Waals surface area contributed by atoms with E-state index in [-0.39, 0.29) is 22.4 Å². The zero-order chi connectivity index (χ0) is 14.8. The van der Waals surface area contributed by atoms with Crippen molar-refractivity contribution >= 4 is 17.3 Å². The lowest BCUT2D eigenvalue weighted by atomic mass is 9.67. The minimum absolute atomic E-state index is 0.0530. The molecule has 0 unspecified atom stereocenters. The van der Waals surface area contributed by atoms with Crippen molar-refractivity contribution in [3.63, 3.8) is 0 Å². The highest BCUT2D eigenvalue weighted by Crippen LogP contribution is 2.44. The zero-order valence-corrected chi connectivity index (χ0v) is 11.4. The Balaban J connectivity index is 2.21. The molecule has 0 aromatic heterocycles. The van der Waals surface area contributed by atoms with Crippen LogP contribution in [0.1, 0.15) is 43.0 Å². The summed E-state index contributed by atoms with van der Waals surface area (Å²) in [7, 11) is 0. The second-order valence-electron chi connectivity index (χ2n) is 5.35. The molecule has 0 saturated heterocycles. The highest BCUT2D eigenvalue weighted by molar-refractivity contribution is 5.90. The first-order valence-corrected chi connectivity index (χ1v) is 6.73. The van der Waals surface area contributed by atoms with E-state index < -0.39 is 10.9 Å². The van der Waals surface area contributed by atoms with E-state index in [1.165, 1.54) is 24.6 Å². The Kier molecular flexibility index (Phi) is 3.92. The van der Waals surface area contributed by atoms with Crippen molar-refractivity contribution in [1.29, 1.82) is 0 Å². The smallest absolute Gasteiger partial charge is 0.335 e. The first-order chi connectivity index (χ1) is 9.47. The number of hydrogen-bond acceptors (Lipinski definition) is 4. The van der Waals surface area contributed by atoms with Gasteiger partial charge in [0.05, 0.1) is 10.5 Å². The van der Waals surface area contributed by atoms with Gasteiger partial charge in [0.25, 0.3) is 5.69 Å². The second-order valence-corrected chi connectivity index (χ2v) is 5.35. The van der Waals surface area contributed by atoms with E-state index in [9.17, 15) is 14.9 Å². The number of rotatable bonds is 6. The molecule has 0 amide bonds. The summed E-state index contributed by atoms with van der Waals surface area (Å²) in [6, 6.07) is 3.83. The lowest BCUT2D eigenvalue weighted by Gasteiger charge is -2.41. The fraction of sp³-hybridized carbons (Fsp3) is 0.500. The number of carboxylic acid groups (broad SMARTS) is 1. The van der Waals surface area contributed by atoms with Crippen molar-refractivity contribution in [2.45, 2.75) is 32.6 Å². The summed E-state index contributed by atoms with van der Waals surface area (Å²) < 4.78 is 0. The number of nitro groups is 1. The number of nitro benzene ring substituents is 1. The van der Waals surface area contributed by atoms with E-state index >= 15 is 0 Å². The van der Waals surface area contributed by atoms with Crippen molar-refractivity contribution in [3.8, 4) is 0 Å². The maximum Gasteiger partial charge on any atom is 0.335 e. The molecule has 0 radical (unpaired) electrons. The molecule has 0 heterocycles. The van der Waals surface area contributed by atoms with Gasteiger partial charge in [0, 0.05) is 12.6 Å². The number of benzene rings is 1. The summed E-state index contributed by atoms with van der Waals surface area (Å²) in [6.45, 7) is 2.76. The lowest BCUT2D eigenvalue weighted by Crippen LogP contribution is -2.36. The highest BCUT2D eigenvalue weighted by Gasteiger charge is 2.35. The Morgan fingerprint density at radius 2 is 2.20 bits per heavy atom. The van der Waals surface area contributed by atoms with Gasteiger partial charge in [-0.25, -0.2) is 4.79 Å². The average Bonchev–Trinajstić information content (AvgIpc) is 2.37. The van der Waals surface area contributed by atoms with Crippen LogP contribution in [0.2, 0.25) is 0 Å². The molecule has 1 aromatic rings. The number of carbonyl (C=O) groups is 1. The Bertz CT molecular complexity index is 532. The number of nitrogens with zero attached hydrogens (tertiary/aromatic N) is 1. The fourth-order valence-corrected chi connectivity index (χ4v) is 2.58. The summed E-state index contributed by atoms with van der Waals surface area (Å²) in [5.41, 5.74) is 0.458. The van der Waals surface area contributed by atoms with Crippen molar-refractivity contribution < 1.29 is 14.8 Å². The molecule has 0 aliphatic heterocycles. The van der Waals surface area contributed by atoms with E-state index in [0.717, 1.165) is 19.3 Å². The largest absolute Gasteiger partial charge is 0.478 e. The highest BCUT2D eigenvalue weighted by atomic mass is 16.6. The van der Waals surface area contributed by atoms with Crippen LogP contribution in [0.3, 0.4) is 0 Å². The molecule has 1 fully saturated rings. The van der Waals surface area contributed by atoms with Crippen LogP contribution >= 0.6 is 0 Å². The van der Waals surface area contributed by atoms with Gasteiger partial charge in [-0.2, -0.15) is 0 Å². The number of anilines is 1. The normalized spacial score (nSPS) is 16.2. The summed E-state index contributed by atoms with van der Waals surface area (Å²) >= 11 is 0. The van der Waals surface area contributed by atoms with Gasteiger partial charge in [-0.1, -0.05) is 13.3 Å². The molecule has 108 valence electrons. The van der Waals surface area contributed by atoms with Gasteiger partial charge in [0.2, 0.25) is 0 Å². The van der Waals surface area contributed by atoms with Crippen molar-refractivity contribution in [2.75, 3.05) is 11.9 Å². The van der Waals surface area contributed by atoms with Gasteiger partial charge in [0.15, 0.2) is 0 Å². The third-order valence-electron chi connectivity index (χ3n) is 4.26. The first-order valence-electron chi connectivity index (χ1n) is 6.73. The molecule has 20 heavy (non-hydrogen) atoms. The van der Waals surface area contributed by atoms with Gasteiger partial charge in [-0.15, -0.1) is 0 Å². The van der Waals surface area contributed by atoms with Gasteiger partial charge in [-0.3, -0.25) is 10.1 Å². The minimum Gasteiger partial charge on any atom is -0.478 e. The molecule has 0 spiro atoms. The monoisotopic (exact) mass is 278 g/mol. The average molecular weight is 278 g/mol. The van der Waals surface area contributed by atoms with Crippen molar-refractivity contribution in [2.24, 2.45) is 5.41 Å². The zero-order valence-electron chi connectivity index (χ0n) is 11.4. The molecular formula is C14H18N2O4. The van der Waals surface area contributed by atoms with E-state index in [4.69, 9.17) is 5.11 Å². The third kappa shape index (κ3) is 2.74. The Hall–Kier alpha value is -2.11. The summed E-state index contributed by atoms with van der Waals surface area (Å²) in [5, 5.41) is 23.0. The molecule has 1 saturated carbocycles. The number of carboxylic acids is 1. The van der Waals surface area contributed by atoms with E-state index in [1.807, 2.05) is 0 Å². The Morgan fingerprint density at radius 3 is 2.65 bits per heavy atom. The fourth-order valence-electron chi connectivity index (χ4n) is 2.58. The molecule has 6 nitrogen and oxygen atoms in total. The molecule has 1 aliphatic carbocycles. The molecule has 2 rings (SSSR count). The Morgan fingerprint density at radius 1 is 1.50 bits per heavy atom. The Labute approximate surface area is 117 Å². The predicted octanol–water partition coefficient (Wildman–Crippen LogP) is 3.29. The van der Waals surface area contributed by atoms with Crippen LogP contribution in [-0.4, -0.2) is 22.5 Å². The predicted molar refractivity (Wildman–Crippen MR) is 75.1 cm³/mol. The second kappa shape index (κ2) is 5.48. The van der Waals surface area contributed by atoms with Crippen molar-refractivity contribution in [1.82, 2.24) is 0 Å². The number of aromatic carboxylic acids is 1. The molecule has 0 bridgehead atoms. The number of hydrogen-bond donors (Lipinski definition) is 2. The van der Waals surface area contributed by atoms with Crippen LogP contribution in [-0.2, 0) is 0 Å². The molecule has 6 heteroatoms. The summed E-state index contributed by atoms with van der Waals surface area (Å²) in [5.74, 6) is -1.09. The summed E-state index contributed by atoms with van der Waals surface area (Å²) in [4.78, 5) is 21.5.